The molecule has 0 saturated heterocycles. The molecule has 2 rings (SSSR count). The van der Waals surface area contributed by atoms with Crippen LogP contribution in [0.1, 0.15) is 27.6 Å². The van der Waals surface area contributed by atoms with E-state index >= 15 is 0 Å². The van der Waals surface area contributed by atoms with Gasteiger partial charge in [-0.2, -0.15) is 0 Å². The van der Waals surface area contributed by atoms with Gasteiger partial charge in [0.2, 0.25) is 5.91 Å². The maximum Gasteiger partial charge on any atom is 0.337 e. The summed E-state index contributed by atoms with van der Waals surface area (Å²) in [4.78, 5) is 41.0. The van der Waals surface area contributed by atoms with Gasteiger partial charge in [0.25, 0.3) is 5.91 Å². The van der Waals surface area contributed by atoms with Gasteiger partial charge in [-0.05, 0) is 30.3 Å². The normalized spacial score (nSPS) is 10.1. The number of methoxy groups -OCH3 is 1. The molecule has 26 heavy (non-hydrogen) atoms. The van der Waals surface area contributed by atoms with Crippen molar-refractivity contribution < 1.29 is 19.1 Å². The Morgan fingerprint density at radius 1 is 1.23 bits per heavy atom. The second kappa shape index (κ2) is 8.96. The Kier molecular flexibility index (Phi) is 6.68. The Labute approximate surface area is 155 Å². The lowest BCUT2D eigenvalue weighted by molar-refractivity contribution is -0.116. The third-order valence-corrected chi connectivity index (χ3v) is 3.90. The van der Waals surface area contributed by atoms with E-state index in [9.17, 15) is 14.4 Å². The highest BCUT2D eigenvalue weighted by atomic mass is 35.5. The number of ether oxygens (including phenoxy) is 1. The SMILES string of the molecule is COC(=O)c1ccc(Cl)c(N(CCNC(=O)c2cccnc2)C(C)=O)c1. The highest BCUT2D eigenvalue weighted by Crippen LogP contribution is 2.27. The summed E-state index contributed by atoms with van der Waals surface area (Å²) in [6, 6.07) is 7.82. The van der Waals surface area contributed by atoms with Crippen molar-refractivity contribution in [3.05, 3.63) is 58.9 Å². The fraction of sp³-hybridized carbons (Fsp3) is 0.222. The van der Waals surface area contributed by atoms with Crippen molar-refractivity contribution in [2.75, 3.05) is 25.1 Å². The van der Waals surface area contributed by atoms with E-state index in [1.807, 2.05) is 0 Å². The maximum absolute atomic E-state index is 12.0. The lowest BCUT2D eigenvalue weighted by Crippen LogP contribution is -2.37. The summed E-state index contributed by atoms with van der Waals surface area (Å²) < 4.78 is 4.68. The Morgan fingerprint density at radius 3 is 2.62 bits per heavy atom. The second-order valence-corrected chi connectivity index (χ2v) is 5.73. The Hall–Kier alpha value is -2.93. The molecule has 1 aromatic carbocycles. The number of hydrogen-bond acceptors (Lipinski definition) is 5. The molecule has 0 radical (unpaired) electrons. The van der Waals surface area contributed by atoms with Crippen LogP contribution in [0.4, 0.5) is 5.69 Å². The van der Waals surface area contributed by atoms with Gasteiger partial charge < -0.3 is 15.0 Å². The van der Waals surface area contributed by atoms with E-state index in [4.69, 9.17) is 11.6 Å². The van der Waals surface area contributed by atoms with Crippen LogP contribution >= 0.6 is 11.6 Å². The van der Waals surface area contributed by atoms with Crippen molar-refractivity contribution >= 4 is 35.1 Å². The first-order valence-corrected chi connectivity index (χ1v) is 8.16. The average molecular weight is 376 g/mol. The third-order valence-electron chi connectivity index (χ3n) is 3.58. The summed E-state index contributed by atoms with van der Waals surface area (Å²) in [6.07, 6.45) is 3.03. The molecule has 0 aliphatic heterocycles. The number of carbonyl (C=O) groups excluding carboxylic acids is 3. The van der Waals surface area contributed by atoms with E-state index in [-0.39, 0.29) is 30.5 Å². The Balaban J connectivity index is 2.11. The first-order valence-electron chi connectivity index (χ1n) is 7.78. The van der Waals surface area contributed by atoms with Crippen LogP contribution in [0.5, 0.6) is 0 Å². The maximum atomic E-state index is 12.0. The molecule has 0 saturated carbocycles. The first kappa shape index (κ1) is 19.4. The van der Waals surface area contributed by atoms with Crippen molar-refractivity contribution in [1.29, 1.82) is 0 Å². The number of halogens is 1. The van der Waals surface area contributed by atoms with Crippen molar-refractivity contribution in [3.8, 4) is 0 Å². The number of aromatic nitrogens is 1. The van der Waals surface area contributed by atoms with E-state index in [0.29, 0.717) is 16.3 Å². The first-order chi connectivity index (χ1) is 12.4. The predicted molar refractivity (Wildman–Crippen MR) is 97.4 cm³/mol. The van der Waals surface area contributed by atoms with E-state index in [1.54, 1.807) is 18.3 Å². The number of pyridine rings is 1. The summed E-state index contributed by atoms with van der Waals surface area (Å²) in [7, 11) is 1.27. The second-order valence-electron chi connectivity index (χ2n) is 5.33. The number of amides is 2. The summed E-state index contributed by atoms with van der Waals surface area (Å²) in [5, 5.41) is 3.03. The topological polar surface area (TPSA) is 88.6 Å². The molecule has 136 valence electrons. The molecule has 0 aliphatic carbocycles. The molecule has 7 nitrogen and oxygen atoms in total. The van der Waals surface area contributed by atoms with Crippen molar-refractivity contribution in [1.82, 2.24) is 10.3 Å². The zero-order valence-corrected chi connectivity index (χ0v) is 15.1. The van der Waals surface area contributed by atoms with Gasteiger partial charge in [-0.3, -0.25) is 14.6 Å². The average Bonchev–Trinajstić information content (AvgIpc) is 2.65. The summed E-state index contributed by atoms with van der Waals surface area (Å²) in [5.41, 5.74) is 1.07. The van der Waals surface area contributed by atoms with Crippen LogP contribution in [-0.2, 0) is 9.53 Å². The van der Waals surface area contributed by atoms with Crippen LogP contribution < -0.4 is 10.2 Å². The van der Waals surface area contributed by atoms with Gasteiger partial charge in [-0.15, -0.1) is 0 Å². The predicted octanol–water partition coefficient (Wildman–Crippen LogP) is 2.30. The van der Waals surface area contributed by atoms with Crippen molar-refractivity contribution in [2.45, 2.75) is 6.92 Å². The van der Waals surface area contributed by atoms with Gasteiger partial charge in [0, 0.05) is 32.4 Å². The van der Waals surface area contributed by atoms with E-state index in [0.717, 1.165) is 0 Å². The molecule has 0 fully saturated rings. The van der Waals surface area contributed by atoms with Gasteiger partial charge in [-0.1, -0.05) is 11.6 Å². The van der Waals surface area contributed by atoms with E-state index in [2.05, 4.69) is 15.0 Å². The fourth-order valence-corrected chi connectivity index (χ4v) is 2.51. The minimum atomic E-state index is -0.531. The Bertz CT molecular complexity index is 811. The Morgan fingerprint density at radius 2 is 2.00 bits per heavy atom. The van der Waals surface area contributed by atoms with E-state index < -0.39 is 5.97 Å². The lowest BCUT2D eigenvalue weighted by Gasteiger charge is -2.23. The molecule has 8 heteroatoms. The largest absolute Gasteiger partial charge is 0.465 e. The number of esters is 1. The molecular weight excluding hydrogens is 358 g/mol. The number of hydrogen-bond donors (Lipinski definition) is 1. The van der Waals surface area contributed by atoms with Gasteiger partial charge in [-0.25, -0.2) is 4.79 Å². The zero-order valence-electron chi connectivity index (χ0n) is 14.4. The quantitative estimate of drug-likeness (QED) is 0.782. The van der Waals surface area contributed by atoms with Gasteiger partial charge in [0.15, 0.2) is 0 Å². The number of anilines is 1. The van der Waals surface area contributed by atoms with Gasteiger partial charge in [0.05, 0.1) is 28.9 Å². The van der Waals surface area contributed by atoms with Crippen molar-refractivity contribution in [3.63, 3.8) is 0 Å². The number of benzene rings is 1. The molecule has 0 spiro atoms. The number of nitrogens with one attached hydrogen (secondary N) is 1. The number of rotatable bonds is 6. The monoisotopic (exact) mass is 375 g/mol. The number of nitrogens with zero attached hydrogens (tertiary/aromatic N) is 2. The molecular formula is C18H18ClN3O4. The summed E-state index contributed by atoms with van der Waals surface area (Å²) in [6.45, 7) is 1.77. The van der Waals surface area contributed by atoms with Gasteiger partial charge in [0.1, 0.15) is 0 Å². The molecule has 1 N–H and O–H groups in total. The minimum absolute atomic E-state index is 0.186. The highest BCUT2D eigenvalue weighted by Gasteiger charge is 2.18. The molecule has 0 bridgehead atoms. The smallest absolute Gasteiger partial charge is 0.337 e. The number of carbonyl (C=O) groups is 3. The summed E-state index contributed by atoms with van der Waals surface area (Å²) >= 11 is 6.18. The zero-order chi connectivity index (χ0) is 19.1. The summed E-state index contributed by atoms with van der Waals surface area (Å²) in [5.74, 6) is -1.10. The standard InChI is InChI=1S/C18H18ClN3O4/c1-12(23)22(9-8-21-17(24)14-4-3-7-20-11-14)16-10-13(18(25)26-2)5-6-15(16)19/h3-7,10-11H,8-9H2,1-2H3,(H,21,24). The van der Waals surface area contributed by atoms with Crippen LogP contribution in [-0.4, -0.2) is 43.0 Å². The van der Waals surface area contributed by atoms with Crippen LogP contribution in [0, 0.1) is 0 Å². The lowest BCUT2D eigenvalue weighted by atomic mass is 10.2. The molecule has 2 amide bonds. The molecule has 1 heterocycles. The molecule has 0 unspecified atom stereocenters. The molecule has 1 aromatic heterocycles. The molecule has 0 aliphatic rings. The minimum Gasteiger partial charge on any atom is -0.465 e. The van der Waals surface area contributed by atoms with Crippen LogP contribution in [0.2, 0.25) is 5.02 Å². The van der Waals surface area contributed by atoms with Crippen LogP contribution in [0.15, 0.2) is 42.7 Å². The third kappa shape index (κ3) is 4.80. The van der Waals surface area contributed by atoms with Gasteiger partial charge >= 0.3 is 5.97 Å². The molecule has 2 aromatic rings. The van der Waals surface area contributed by atoms with E-state index in [1.165, 1.54) is 43.3 Å². The molecule has 0 atom stereocenters. The fourth-order valence-electron chi connectivity index (χ4n) is 2.29. The highest BCUT2D eigenvalue weighted by molar-refractivity contribution is 6.34. The van der Waals surface area contributed by atoms with Crippen LogP contribution in [0.25, 0.3) is 0 Å². The van der Waals surface area contributed by atoms with Crippen molar-refractivity contribution in [2.24, 2.45) is 0 Å². The van der Waals surface area contributed by atoms with Crippen LogP contribution in [0.3, 0.4) is 0 Å².